The van der Waals surface area contributed by atoms with Crippen LogP contribution in [0, 0.1) is 0 Å². The lowest BCUT2D eigenvalue weighted by atomic mass is 10.2. The molecule has 30 heavy (non-hydrogen) atoms. The van der Waals surface area contributed by atoms with E-state index in [2.05, 4.69) is 16.2 Å². The molecule has 0 atom stereocenters. The third-order valence-corrected chi connectivity index (χ3v) is 3.75. The molecule has 0 radical (unpaired) electrons. The number of benzene rings is 2. The van der Waals surface area contributed by atoms with Gasteiger partial charge in [-0.2, -0.15) is 0 Å². The first-order chi connectivity index (χ1) is 14.4. The van der Waals surface area contributed by atoms with Gasteiger partial charge in [0.05, 0.1) is 19.8 Å². The van der Waals surface area contributed by atoms with Crippen molar-refractivity contribution in [1.82, 2.24) is 16.2 Å². The topological polar surface area (TPSA) is 106 Å². The molecule has 8 nitrogen and oxygen atoms in total. The number of hydrogen-bond donors (Lipinski definition) is 3. The van der Waals surface area contributed by atoms with Gasteiger partial charge in [0.15, 0.2) is 11.5 Å². The van der Waals surface area contributed by atoms with Crippen molar-refractivity contribution in [2.24, 2.45) is 0 Å². The summed E-state index contributed by atoms with van der Waals surface area (Å²) in [4.78, 5) is 35.8. The van der Waals surface area contributed by atoms with E-state index in [1.54, 1.807) is 18.2 Å². The van der Waals surface area contributed by atoms with Gasteiger partial charge in [0.25, 0.3) is 11.8 Å². The molecular formula is C22H25N3O5. The van der Waals surface area contributed by atoms with Crippen LogP contribution in [0.2, 0.25) is 0 Å². The van der Waals surface area contributed by atoms with Crippen LogP contribution >= 0.6 is 0 Å². The average Bonchev–Trinajstić information content (AvgIpc) is 2.75. The smallest absolute Gasteiger partial charge is 0.269 e. The van der Waals surface area contributed by atoms with Gasteiger partial charge in [0.1, 0.15) is 0 Å². The number of hydrazine groups is 1. The molecule has 3 amide bonds. The molecular weight excluding hydrogens is 386 g/mol. The van der Waals surface area contributed by atoms with E-state index in [4.69, 9.17) is 9.47 Å². The first-order valence-electron chi connectivity index (χ1n) is 9.34. The van der Waals surface area contributed by atoms with Crippen molar-refractivity contribution >= 4 is 23.8 Å². The maximum atomic E-state index is 12.2. The second-order valence-corrected chi connectivity index (χ2v) is 6.50. The summed E-state index contributed by atoms with van der Waals surface area (Å²) in [5, 5.41) is 2.43. The Balaban J connectivity index is 1.80. The Morgan fingerprint density at radius 2 is 1.73 bits per heavy atom. The predicted molar refractivity (Wildman–Crippen MR) is 113 cm³/mol. The Bertz CT molecular complexity index is 910. The Morgan fingerprint density at radius 3 is 2.40 bits per heavy atom. The monoisotopic (exact) mass is 411 g/mol. The molecule has 0 aromatic heterocycles. The van der Waals surface area contributed by atoms with Crippen LogP contribution in [-0.2, 0) is 9.59 Å². The molecule has 0 aliphatic rings. The van der Waals surface area contributed by atoms with E-state index in [0.717, 1.165) is 5.56 Å². The van der Waals surface area contributed by atoms with Gasteiger partial charge in [-0.3, -0.25) is 25.2 Å². The average molecular weight is 411 g/mol. The van der Waals surface area contributed by atoms with Gasteiger partial charge < -0.3 is 14.8 Å². The van der Waals surface area contributed by atoms with Crippen molar-refractivity contribution in [2.75, 3.05) is 13.7 Å². The van der Waals surface area contributed by atoms with Gasteiger partial charge in [0.2, 0.25) is 5.91 Å². The van der Waals surface area contributed by atoms with Gasteiger partial charge in [-0.05, 0) is 43.7 Å². The highest BCUT2D eigenvalue weighted by atomic mass is 16.5. The lowest BCUT2D eigenvalue weighted by Gasteiger charge is -2.14. The maximum Gasteiger partial charge on any atom is 0.269 e. The number of methoxy groups -OCH3 is 1. The molecule has 2 rings (SSSR count). The molecule has 0 heterocycles. The summed E-state index contributed by atoms with van der Waals surface area (Å²) >= 11 is 0. The molecule has 3 N–H and O–H groups in total. The van der Waals surface area contributed by atoms with Crippen LogP contribution in [0.4, 0.5) is 0 Å². The highest BCUT2D eigenvalue weighted by molar-refractivity contribution is 5.97. The second kappa shape index (κ2) is 11.3. The van der Waals surface area contributed by atoms with E-state index in [9.17, 15) is 14.4 Å². The standard InChI is InChI=1S/C22H25N3O5/c1-15(2)30-18-11-10-17(13-19(18)29-3)22(28)25-24-21(27)14-23-20(26)12-9-16-7-5-4-6-8-16/h4-13,15H,14H2,1-3H3,(H,23,26)(H,24,27)(H,25,28)/b12-9+. The van der Waals surface area contributed by atoms with E-state index in [1.807, 2.05) is 44.2 Å². The Labute approximate surface area is 175 Å². The first kappa shape index (κ1) is 22.5. The minimum atomic E-state index is -0.573. The summed E-state index contributed by atoms with van der Waals surface area (Å²) < 4.78 is 10.8. The van der Waals surface area contributed by atoms with Crippen LogP contribution in [0.5, 0.6) is 11.5 Å². The van der Waals surface area contributed by atoms with E-state index in [0.29, 0.717) is 11.5 Å². The van der Waals surface area contributed by atoms with Gasteiger partial charge in [-0.25, -0.2) is 0 Å². The number of nitrogens with one attached hydrogen (secondary N) is 3. The summed E-state index contributed by atoms with van der Waals surface area (Å²) in [6.07, 6.45) is 2.92. The molecule has 2 aromatic rings. The summed E-state index contributed by atoms with van der Waals surface area (Å²) in [6, 6.07) is 14.0. The predicted octanol–water partition coefficient (Wildman–Crippen LogP) is 2.07. The molecule has 0 saturated carbocycles. The van der Waals surface area contributed by atoms with E-state index in [1.165, 1.54) is 19.3 Å². The molecule has 0 spiro atoms. The second-order valence-electron chi connectivity index (χ2n) is 6.50. The van der Waals surface area contributed by atoms with Crippen LogP contribution in [-0.4, -0.2) is 37.5 Å². The number of hydrogen-bond acceptors (Lipinski definition) is 5. The molecule has 0 bridgehead atoms. The summed E-state index contributed by atoms with van der Waals surface area (Å²) in [7, 11) is 1.47. The summed E-state index contributed by atoms with van der Waals surface area (Å²) in [6.45, 7) is 3.47. The number of rotatable bonds is 8. The zero-order chi connectivity index (χ0) is 21.9. The lowest BCUT2D eigenvalue weighted by molar-refractivity contribution is -0.124. The van der Waals surface area contributed by atoms with Crippen molar-refractivity contribution in [3.8, 4) is 11.5 Å². The number of amides is 3. The highest BCUT2D eigenvalue weighted by Gasteiger charge is 2.13. The molecule has 0 aliphatic heterocycles. The van der Waals surface area contributed by atoms with Crippen LogP contribution in [0.15, 0.2) is 54.6 Å². The zero-order valence-electron chi connectivity index (χ0n) is 17.1. The fourth-order valence-corrected chi connectivity index (χ4v) is 2.37. The summed E-state index contributed by atoms with van der Waals surface area (Å²) in [5.41, 5.74) is 5.67. The fraction of sp³-hybridized carbons (Fsp3) is 0.227. The molecule has 0 fully saturated rings. The molecule has 0 unspecified atom stereocenters. The third kappa shape index (κ3) is 7.31. The minimum absolute atomic E-state index is 0.0457. The van der Waals surface area contributed by atoms with Crippen molar-refractivity contribution in [1.29, 1.82) is 0 Å². The van der Waals surface area contributed by atoms with Gasteiger partial charge in [-0.1, -0.05) is 30.3 Å². The minimum Gasteiger partial charge on any atom is -0.493 e. The van der Waals surface area contributed by atoms with Gasteiger partial charge in [-0.15, -0.1) is 0 Å². The molecule has 158 valence electrons. The largest absolute Gasteiger partial charge is 0.493 e. The maximum absolute atomic E-state index is 12.2. The van der Waals surface area contributed by atoms with E-state index >= 15 is 0 Å². The molecule has 0 saturated heterocycles. The SMILES string of the molecule is COc1cc(C(=O)NNC(=O)CNC(=O)/C=C/c2ccccc2)ccc1OC(C)C. The lowest BCUT2D eigenvalue weighted by Crippen LogP contribution is -2.46. The number of carbonyl (C=O) groups is 3. The van der Waals surface area contributed by atoms with Crippen LogP contribution in [0.25, 0.3) is 6.08 Å². The quantitative estimate of drug-likeness (QED) is 0.456. The van der Waals surface area contributed by atoms with Crippen LogP contribution in [0.3, 0.4) is 0 Å². The van der Waals surface area contributed by atoms with Crippen LogP contribution in [0.1, 0.15) is 29.8 Å². The van der Waals surface area contributed by atoms with E-state index in [-0.39, 0.29) is 18.2 Å². The molecule has 2 aromatic carbocycles. The molecule has 0 aliphatic carbocycles. The number of carbonyl (C=O) groups excluding carboxylic acids is 3. The van der Waals surface area contributed by atoms with Crippen molar-refractivity contribution in [3.05, 3.63) is 65.7 Å². The van der Waals surface area contributed by atoms with Crippen molar-refractivity contribution in [2.45, 2.75) is 20.0 Å². The number of ether oxygens (including phenoxy) is 2. The summed E-state index contributed by atoms with van der Waals surface area (Å²) in [5.74, 6) is -0.616. The highest BCUT2D eigenvalue weighted by Crippen LogP contribution is 2.28. The van der Waals surface area contributed by atoms with E-state index < -0.39 is 17.7 Å². The first-order valence-corrected chi connectivity index (χ1v) is 9.34. The molecule has 8 heteroatoms. The van der Waals surface area contributed by atoms with Crippen molar-refractivity contribution in [3.63, 3.8) is 0 Å². The van der Waals surface area contributed by atoms with Crippen LogP contribution < -0.4 is 25.6 Å². The van der Waals surface area contributed by atoms with Crippen molar-refractivity contribution < 1.29 is 23.9 Å². The zero-order valence-corrected chi connectivity index (χ0v) is 17.1. The normalized spacial score (nSPS) is 10.5. The Morgan fingerprint density at radius 1 is 1.00 bits per heavy atom. The van der Waals surface area contributed by atoms with Gasteiger partial charge in [0, 0.05) is 11.6 Å². The Hall–Kier alpha value is -3.81. The third-order valence-electron chi connectivity index (χ3n) is 3.75. The Kier molecular flexibility index (Phi) is 8.43. The fourth-order valence-electron chi connectivity index (χ4n) is 2.37. The van der Waals surface area contributed by atoms with Gasteiger partial charge >= 0.3 is 0 Å².